The van der Waals surface area contributed by atoms with E-state index in [0.29, 0.717) is 15.7 Å². The molecule has 1 aromatic heterocycles. The number of amidine groups is 1. The first-order valence-corrected chi connectivity index (χ1v) is 5.58. The molecule has 0 fully saturated rings. The van der Waals surface area contributed by atoms with Crippen molar-refractivity contribution in [2.24, 2.45) is 5.73 Å². The molecule has 0 unspecified atom stereocenters. The van der Waals surface area contributed by atoms with E-state index in [-0.39, 0.29) is 11.7 Å². The molecular formula is C11H9FN4S. The fraction of sp³-hybridized carbons (Fsp3) is 0. The molecule has 0 aliphatic heterocycles. The maximum absolute atomic E-state index is 13.4. The minimum atomic E-state index is -0.325. The quantitative estimate of drug-likeness (QED) is 0.495. The van der Waals surface area contributed by atoms with Crippen LogP contribution in [0.25, 0.3) is 0 Å². The van der Waals surface area contributed by atoms with E-state index in [1.807, 2.05) is 0 Å². The fourth-order valence-electron chi connectivity index (χ4n) is 1.17. The van der Waals surface area contributed by atoms with Gasteiger partial charge in [-0.05, 0) is 30.0 Å². The van der Waals surface area contributed by atoms with E-state index in [9.17, 15) is 4.39 Å². The minimum absolute atomic E-state index is 0.136. The van der Waals surface area contributed by atoms with Crippen LogP contribution in [0, 0.1) is 11.2 Å². The van der Waals surface area contributed by atoms with Gasteiger partial charge in [-0.1, -0.05) is 12.1 Å². The van der Waals surface area contributed by atoms with Gasteiger partial charge in [0.2, 0.25) is 0 Å². The molecule has 0 saturated heterocycles. The first kappa shape index (κ1) is 11.5. The average Bonchev–Trinajstić information content (AvgIpc) is 2.32. The Balaban J connectivity index is 2.28. The summed E-state index contributed by atoms with van der Waals surface area (Å²) >= 11 is 1.10. The highest BCUT2D eigenvalue weighted by molar-refractivity contribution is 7.99. The Hall–Kier alpha value is -1.95. The van der Waals surface area contributed by atoms with Crippen LogP contribution in [-0.2, 0) is 0 Å². The summed E-state index contributed by atoms with van der Waals surface area (Å²) in [5.41, 5.74) is 5.65. The molecule has 0 atom stereocenters. The van der Waals surface area contributed by atoms with Crippen molar-refractivity contribution in [3.8, 4) is 0 Å². The zero-order valence-electron chi connectivity index (χ0n) is 8.72. The minimum Gasteiger partial charge on any atom is -0.382 e. The predicted octanol–water partition coefficient (Wildman–Crippen LogP) is 2.05. The molecule has 0 aliphatic carbocycles. The molecule has 6 heteroatoms. The van der Waals surface area contributed by atoms with Gasteiger partial charge < -0.3 is 5.73 Å². The topological polar surface area (TPSA) is 75.7 Å². The number of nitrogens with zero attached hydrogens (tertiary/aromatic N) is 2. The summed E-state index contributed by atoms with van der Waals surface area (Å²) in [6, 6.07) is 7.90. The monoisotopic (exact) mass is 248 g/mol. The third-order valence-corrected chi connectivity index (χ3v) is 2.88. The number of hydrogen-bond donors (Lipinski definition) is 2. The van der Waals surface area contributed by atoms with Gasteiger partial charge in [0, 0.05) is 6.20 Å². The lowest BCUT2D eigenvalue weighted by Gasteiger charge is -2.02. The third-order valence-electron chi connectivity index (χ3n) is 1.95. The molecule has 0 saturated carbocycles. The molecule has 1 aromatic carbocycles. The second-order valence-corrected chi connectivity index (χ2v) is 4.18. The van der Waals surface area contributed by atoms with Crippen LogP contribution in [0.4, 0.5) is 4.39 Å². The Morgan fingerprint density at radius 2 is 2.06 bits per heavy atom. The number of hydrogen-bond acceptors (Lipinski definition) is 4. The van der Waals surface area contributed by atoms with Crippen LogP contribution in [0.1, 0.15) is 5.69 Å². The number of rotatable bonds is 3. The third kappa shape index (κ3) is 2.79. The summed E-state index contributed by atoms with van der Waals surface area (Å²) in [5.74, 6) is -0.461. The molecular weight excluding hydrogens is 239 g/mol. The van der Waals surface area contributed by atoms with E-state index in [1.165, 1.54) is 18.3 Å². The predicted molar refractivity (Wildman–Crippen MR) is 63.6 cm³/mol. The lowest BCUT2D eigenvalue weighted by molar-refractivity contribution is 0.601. The van der Waals surface area contributed by atoms with Crippen LogP contribution in [0.2, 0.25) is 0 Å². The molecule has 0 bridgehead atoms. The highest BCUT2D eigenvalue weighted by Gasteiger charge is 2.07. The van der Waals surface area contributed by atoms with Crippen LogP contribution in [0.15, 0.2) is 46.6 Å². The molecule has 4 nitrogen and oxygen atoms in total. The van der Waals surface area contributed by atoms with Crippen LogP contribution in [0.3, 0.4) is 0 Å². The van der Waals surface area contributed by atoms with Crippen molar-refractivity contribution in [1.29, 1.82) is 5.41 Å². The zero-order chi connectivity index (χ0) is 12.3. The Bertz CT molecular complexity index is 559. The number of nitrogen functional groups attached to an aromatic ring is 1. The van der Waals surface area contributed by atoms with E-state index in [4.69, 9.17) is 11.1 Å². The van der Waals surface area contributed by atoms with Crippen molar-refractivity contribution in [2.45, 2.75) is 10.1 Å². The van der Waals surface area contributed by atoms with Crippen LogP contribution >= 0.6 is 11.8 Å². The normalized spacial score (nSPS) is 10.2. The van der Waals surface area contributed by atoms with Crippen LogP contribution in [0.5, 0.6) is 0 Å². The number of benzene rings is 1. The maximum Gasteiger partial charge on any atom is 0.193 e. The molecule has 0 amide bonds. The molecule has 86 valence electrons. The standard InChI is InChI=1S/C11H9FN4S/c12-7-3-1-2-4-9(7)17-11-15-6-5-8(16-11)10(13)14/h1-6H,(H3,13,14). The first-order chi connectivity index (χ1) is 8.16. The van der Waals surface area contributed by atoms with E-state index in [1.54, 1.807) is 18.2 Å². The SMILES string of the molecule is N=C(N)c1ccnc(Sc2ccccc2F)n1. The Labute approximate surface area is 102 Å². The molecule has 2 rings (SSSR count). The molecule has 0 spiro atoms. The maximum atomic E-state index is 13.4. The second kappa shape index (κ2) is 4.92. The largest absolute Gasteiger partial charge is 0.382 e. The van der Waals surface area contributed by atoms with Gasteiger partial charge in [-0.15, -0.1) is 0 Å². The number of nitrogens with one attached hydrogen (secondary N) is 1. The van der Waals surface area contributed by atoms with Crippen LogP contribution < -0.4 is 5.73 Å². The van der Waals surface area contributed by atoms with Gasteiger partial charge in [-0.2, -0.15) is 0 Å². The van der Waals surface area contributed by atoms with E-state index in [2.05, 4.69) is 9.97 Å². The Morgan fingerprint density at radius 3 is 2.76 bits per heavy atom. The zero-order valence-corrected chi connectivity index (χ0v) is 9.54. The van der Waals surface area contributed by atoms with Gasteiger partial charge in [-0.25, -0.2) is 14.4 Å². The second-order valence-electron chi connectivity index (χ2n) is 3.17. The van der Waals surface area contributed by atoms with Gasteiger partial charge in [0.25, 0.3) is 0 Å². The highest BCUT2D eigenvalue weighted by atomic mass is 32.2. The van der Waals surface area contributed by atoms with Gasteiger partial charge in [0.1, 0.15) is 17.3 Å². The fourth-order valence-corrected chi connectivity index (χ4v) is 1.93. The van der Waals surface area contributed by atoms with Crippen molar-refractivity contribution < 1.29 is 4.39 Å². The van der Waals surface area contributed by atoms with E-state index >= 15 is 0 Å². The molecule has 3 N–H and O–H groups in total. The molecule has 17 heavy (non-hydrogen) atoms. The highest BCUT2D eigenvalue weighted by Crippen LogP contribution is 2.26. The van der Waals surface area contributed by atoms with Crippen molar-refractivity contribution in [2.75, 3.05) is 0 Å². The lowest BCUT2D eigenvalue weighted by atomic mass is 10.3. The molecule has 0 aliphatic rings. The number of halogens is 1. The van der Waals surface area contributed by atoms with Crippen molar-refractivity contribution >= 4 is 17.6 Å². The lowest BCUT2D eigenvalue weighted by Crippen LogP contribution is -2.13. The first-order valence-electron chi connectivity index (χ1n) is 4.76. The summed E-state index contributed by atoms with van der Waals surface area (Å²) in [5, 5.41) is 7.62. The molecule has 0 radical (unpaired) electrons. The van der Waals surface area contributed by atoms with Gasteiger partial charge >= 0.3 is 0 Å². The smallest absolute Gasteiger partial charge is 0.193 e. The van der Waals surface area contributed by atoms with E-state index in [0.717, 1.165) is 11.8 Å². The van der Waals surface area contributed by atoms with Gasteiger partial charge in [0.05, 0.1) is 4.90 Å². The Morgan fingerprint density at radius 1 is 1.29 bits per heavy atom. The number of aromatic nitrogens is 2. The molecule has 2 aromatic rings. The summed E-state index contributed by atoms with van der Waals surface area (Å²) in [7, 11) is 0. The number of nitrogens with two attached hydrogens (primary N) is 1. The van der Waals surface area contributed by atoms with Crippen molar-refractivity contribution in [3.05, 3.63) is 48.0 Å². The summed E-state index contributed by atoms with van der Waals surface area (Å²) in [6.07, 6.45) is 1.49. The Kier molecular flexibility index (Phi) is 3.34. The average molecular weight is 248 g/mol. The summed E-state index contributed by atoms with van der Waals surface area (Å²) in [6.45, 7) is 0. The van der Waals surface area contributed by atoms with Crippen molar-refractivity contribution in [1.82, 2.24) is 9.97 Å². The van der Waals surface area contributed by atoms with Gasteiger partial charge in [-0.3, -0.25) is 5.41 Å². The van der Waals surface area contributed by atoms with E-state index < -0.39 is 0 Å². The molecule has 1 heterocycles. The van der Waals surface area contributed by atoms with Crippen molar-refractivity contribution in [3.63, 3.8) is 0 Å². The summed E-state index contributed by atoms with van der Waals surface area (Å²) < 4.78 is 13.4. The van der Waals surface area contributed by atoms with Crippen LogP contribution in [-0.4, -0.2) is 15.8 Å². The summed E-state index contributed by atoms with van der Waals surface area (Å²) in [4.78, 5) is 8.47. The van der Waals surface area contributed by atoms with Gasteiger partial charge in [0.15, 0.2) is 5.16 Å².